The number of aromatic nitrogens is 2. The molecule has 0 aliphatic rings. The Morgan fingerprint density at radius 2 is 1.70 bits per heavy atom. The van der Waals surface area contributed by atoms with Crippen LogP contribution in [0.2, 0.25) is 5.02 Å². The molecule has 1 unspecified atom stereocenters. The van der Waals surface area contributed by atoms with Crippen molar-refractivity contribution in [3.05, 3.63) is 69.1 Å². The molecule has 0 fully saturated rings. The van der Waals surface area contributed by atoms with E-state index in [1.54, 1.807) is 0 Å². The third-order valence-electron chi connectivity index (χ3n) is 3.23. The molecule has 5 heteroatoms. The summed E-state index contributed by atoms with van der Waals surface area (Å²) in [6, 6.07) is 13.3. The molecular formula is C15H12Cl2N2O. The molecule has 102 valence electrons. The summed E-state index contributed by atoms with van der Waals surface area (Å²) in [7, 11) is 0. The van der Waals surface area contributed by atoms with Gasteiger partial charge in [0.15, 0.2) is 0 Å². The number of alkyl halides is 1. The van der Waals surface area contributed by atoms with Gasteiger partial charge < -0.3 is 9.97 Å². The largest absolute Gasteiger partial charge is 0.323 e. The van der Waals surface area contributed by atoms with Crippen LogP contribution < -0.4 is 5.69 Å². The average Bonchev–Trinajstić information content (AvgIpc) is 2.80. The minimum atomic E-state index is -0.207. The van der Waals surface area contributed by atoms with Crippen molar-refractivity contribution in [3.63, 3.8) is 0 Å². The highest BCUT2D eigenvalue weighted by molar-refractivity contribution is 6.30. The van der Waals surface area contributed by atoms with Crippen molar-refractivity contribution >= 4 is 34.2 Å². The highest BCUT2D eigenvalue weighted by Gasteiger charge is 2.10. The molecule has 3 rings (SSSR count). The van der Waals surface area contributed by atoms with E-state index in [9.17, 15) is 4.79 Å². The fourth-order valence-corrected chi connectivity index (χ4v) is 2.63. The molecule has 2 N–H and O–H groups in total. The summed E-state index contributed by atoms with van der Waals surface area (Å²) in [5, 5.41) is 0.560. The number of rotatable bonds is 3. The van der Waals surface area contributed by atoms with Gasteiger partial charge in [0.05, 0.1) is 16.4 Å². The molecule has 0 bridgehead atoms. The number of halogens is 2. The van der Waals surface area contributed by atoms with E-state index in [4.69, 9.17) is 23.2 Å². The number of fused-ring (bicyclic) bond motifs is 1. The van der Waals surface area contributed by atoms with E-state index in [0.717, 1.165) is 22.2 Å². The zero-order valence-corrected chi connectivity index (χ0v) is 12.0. The fraction of sp³-hybridized carbons (Fsp3) is 0.133. The number of hydrogen-bond donors (Lipinski definition) is 2. The van der Waals surface area contributed by atoms with Gasteiger partial charge in [0.25, 0.3) is 0 Å². The van der Waals surface area contributed by atoms with Gasteiger partial charge in [-0.05, 0) is 41.8 Å². The number of hydrogen-bond acceptors (Lipinski definition) is 1. The van der Waals surface area contributed by atoms with Crippen LogP contribution in [-0.4, -0.2) is 9.97 Å². The predicted octanol–water partition coefficient (Wildman–Crippen LogP) is 4.03. The number of imidazole rings is 1. The Morgan fingerprint density at radius 1 is 1.00 bits per heavy atom. The molecule has 2 aromatic carbocycles. The zero-order chi connectivity index (χ0) is 14.1. The Morgan fingerprint density at radius 3 is 2.45 bits per heavy atom. The Kier molecular flexibility index (Phi) is 3.55. The molecule has 0 spiro atoms. The topological polar surface area (TPSA) is 48.6 Å². The van der Waals surface area contributed by atoms with Gasteiger partial charge >= 0.3 is 5.69 Å². The van der Waals surface area contributed by atoms with Gasteiger partial charge in [0.1, 0.15) is 0 Å². The quantitative estimate of drug-likeness (QED) is 0.705. The van der Waals surface area contributed by atoms with Crippen molar-refractivity contribution in [1.82, 2.24) is 9.97 Å². The number of H-pyrrole nitrogens is 2. The lowest BCUT2D eigenvalue weighted by Crippen LogP contribution is -1.99. The van der Waals surface area contributed by atoms with Crippen LogP contribution in [0.1, 0.15) is 16.5 Å². The van der Waals surface area contributed by atoms with E-state index in [0.29, 0.717) is 11.4 Å². The first-order valence-electron chi connectivity index (χ1n) is 6.22. The monoisotopic (exact) mass is 306 g/mol. The second-order valence-electron chi connectivity index (χ2n) is 4.68. The summed E-state index contributed by atoms with van der Waals surface area (Å²) in [6.07, 6.45) is 0.707. The normalized spacial score (nSPS) is 12.7. The van der Waals surface area contributed by atoms with E-state index < -0.39 is 0 Å². The zero-order valence-electron chi connectivity index (χ0n) is 10.5. The van der Waals surface area contributed by atoms with Gasteiger partial charge in [-0.15, -0.1) is 11.6 Å². The molecular weight excluding hydrogens is 295 g/mol. The van der Waals surface area contributed by atoms with Crippen LogP contribution in [0.3, 0.4) is 0 Å². The van der Waals surface area contributed by atoms with Crippen LogP contribution in [0.25, 0.3) is 11.0 Å². The molecule has 20 heavy (non-hydrogen) atoms. The maximum absolute atomic E-state index is 11.2. The minimum Gasteiger partial charge on any atom is -0.306 e. The molecule has 0 saturated heterocycles. The third-order valence-corrected chi connectivity index (χ3v) is 3.89. The second-order valence-corrected chi connectivity index (χ2v) is 5.65. The Balaban J connectivity index is 1.85. The standard InChI is InChI=1S/C15H12Cl2N2O/c16-11-4-1-9(2-5-11)7-12(17)10-3-6-13-14(8-10)19-15(20)18-13/h1-6,8,12H,7H2,(H2,18,19,20). The van der Waals surface area contributed by atoms with Gasteiger partial charge in [-0.2, -0.15) is 0 Å². The van der Waals surface area contributed by atoms with Gasteiger partial charge in [0, 0.05) is 5.02 Å². The number of nitrogens with one attached hydrogen (secondary N) is 2. The van der Waals surface area contributed by atoms with Crippen molar-refractivity contribution < 1.29 is 0 Å². The Bertz CT molecular complexity index is 789. The first-order valence-corrected chi connectivity index (χ1v) is 7.04. The number of aromatic amines is 2. The van der Waals surface area contributed by atoms with E-state index in [-0.39, 0.29) is 11.1 Å². The number of benzene rings is 2. The molecule has 3 nitrogen and oxygen atoms in total. The SMILES string of the molecule is O=c1[nH]c2ccc(C(Cl)Cc3ccc(Cl)cc3)cc2[nH]1. The first kappa shape index (κ1) is 13.3. The molecule has 0 aliphatic heterocycles. The van der Waals surface area contributed by atoms with Crippen LogP contribution in [-0.2, 0) is 6.42 Å². The summed E-state index contributed by atoms with van der Waals surface area (Å²) in [5.74, 6) is 0. The third kappa shape index (κ3) is 2.74. The molecule has 1 aromatic heterocycles. The highest BCUT2D eigenvalue weighted by atomic mass is 35.5. The maximum Gasteiger partial charge on any atom is 0.323 e. The summed E-state index contributed by atoms with van der Waals surface area (Å²) < 4.78 is 0. The molecule has 0 amide bonds. The summed E-state index contributed by atoms with van der Waals surface area (Å²) in [5.41, 5.74) is 3.45. The van der Waals surface area contributed by atoms with E-state index in [1.165, 1.54) is 0 Å². The van der Waals surface area contributed by atoms with Gasteiger partial charge in [0.2, 0.25) is 0 Å². The van der Waals surface area contributed by atoms with Crippen LogP contribution >= 0.6 is 23.2 Å². The van der Waals surface area contributed by atoms with Crippen LogP contribution in [0.15, 0.2) is 47.3 Å². The van der Waals surface area contributed by atoms with Gasteiger partial charge in [-0.25, -0.2) is 4.79 Å². The Hall–Kier alpha value is -1.71. The lowest BCUT2D eigenvalue weighted by molar-refractivity contribution is 0.921. The lowest BCUT2D eigenvalue weighted by atomic mass is 10.0. The average molecular weight is 307 g/mol. The van der Waals surface area contributed by atoms with Crippen molar-refractivity contribution in [2.45, 2.75) is 11.8 Å². The molecule has 0 aliphatic carbocycles. The van der Waals surface area contributed by atoms with Crippen molar-refractivity contribution in [3.8, 4) is 0 Å². The Labute approximate surface area is 125 Å². The van der Waals surface area contributed by atoms with Crippen molar-refractivity contribution in [1.29, 1.82) is 0 Å². The summed E-state index contributed by atoms with van der Waals surface area (Å²) in [4.78, 5) is 16.7. The first-order chi connectivity index (χ1) is 9.61. The van der Waals surface area contributed by atoms with Gasteiger partial charge in [-0.3, -0.25) is 0 Å². The molecule has 1 heterocycles. The molecule has 0 saturated carbocycles. The van der Waals surface area contributed by atoms with Crippen molar-refractivity contribution in [2.24, 2.45) is 0 Å². The minimum absolute atomic E-state index is 0.154. The van der Waals surface area contributed by atoms with Gasteiger partial charge in [-0.1, -0.05) is 29.8 Å². The van der Waals surface area contributed by atoms with E-state index in [1.807, 2.05) is 42.5 Å². The highest BCUT2D eigenvalue weighted by Crippen LogP contribution is 2.27. The fourth-order valence-electron chi connectivity index (χ4n) is 2.19. The van der Waals surface area contributed by atoms with E-state index in [2.05, 4.69) is 9.97 Å². The molecule has 3 aromatic rings. The van der Waals surface area contributed by atoms with Crippen LogP contribution in [0.4, 0.5) is 0 Å². The maximum atomic E-state index is 11.2. The summed E-state index contributed by atoms with van der Waals surface area (Å²) in [6.45, 7) is 0. The molecule has 0 radical (unpaired) electrons. The van der Waals surface area contributed by atoms with Crippen molar-refractivity contribution in [2.75, 3.05) is 0 Å². The smallest absolute Gasteiger partial charge is 0.306 e. The molecule has 1 atom stereocenters. The van der Waals surface area contributed by atoms with E-state index >= 15 is 0 Å². The second kappa shape index (κ2) is 5.35. The lowest BCUT2D eigenvalue weighted by Gasteiger charge is -2.10. The predicted molar refractivity (Wildman–Crippen MR) is 82.7 cm³/mol. The van der Waals surface area contributed by atoms with Crippen LogP contribution in [0, 0.1) is 0 Å². The van der Waals surface area contributed by atoms with Crippen LogP contribution in [0.5, 0.6) is 0 Å². The summed E-state index contributed by atoms with van der Waals surface area (Å²) >= 11 is 12.3.